The maximum absolute atomic E-state index is 13.7. The molecule has 2 rings (SSSR count). The van der Waals surface area contributed by atoms with Crippen LogP contribution in [-0.2, 0) is 0 Å². The van der Waals surface area contributed by atoms with Gasteiger partial charge in [-0.05, 0) is 47.7 Å². The van der Waals surface area contributed by atoms with Gasteiger partial charge in [-0.25, -0.2) is 9.37 Å². The number of carbonyl (C=O) groups excluding carboxylic acids is 1. The summed E-state index contributed by atoms with van der Waals surface area (Å²) in [6, 6.07) is 5.57. The van der Waals surface area contributed by atoms with Gasteiger partial charge in [-0.3, -0.25) is 4.79 Å². The zero-order valence-electron chi connectivity index (χ0n) is 13.6. The summed E-state index contributed by atoms with van der Waals surface area (Å²) >= 11 is 6.02. The Labute approximate surface area is 145 Å². The van der Waals surface area contributed by atoms with E-state index in [1.807, 2.05) is 13.8 Å². The van der Waals surface area contributed by atoms with Crippen LogP contribution < -0.4 is 5.32 Å². The molecule has 0 unspecified atom stereocenters. The molecule has 1 aromatic carbocycles. The summed E-state index contributed by atoms with van der Waals surface area (Å²) in [5.74, 6) is -1.11. The molecule has 0 radical (unpaired) electrons. The highest BCUT2D eigenvalue weighted by atomic mass is 35.5. The first-order valence-electron chi connectivity index (χ1n) is 7.41. The normalized spacial score (nSPS) is 11.7. The zero-order chi connectivity index (χ0) is 17.9. The Morgan fingerprint density at radius 2 is 2.04 bits per heavy atom. The van der Waals surface area contributed by atoms with Crippen molar-refractivity contribution >= 4 is 28.8 Å². The third-order valence-corrected chi connectivity index (χ3v) is 3.94. The number of benzene rings is 1. The van der Waals surface area contributed by atoms with Crippen molar-refractivity contribution in [2.45, 2.75) is 20.8 Å². The Bertz CT molecular complexity index is 783. The fourth-order valence-electron chi connectivity index (χ4n) is 2.34. The van der Waals surface area contributed by atoms with Crippen LogP contribution in [0.2, 0.25) is 5.15 Å². The molecule has 4 nitrogen and oxygen atoms in total. The molecule has 0 aliphatic carbocycles. The van der Waals surface area contributed by atoms with E-state index < -0.39 is 11.7 Å². The number of hydrogen-bond donors (Lipinski definition) is 2. The van der Waals surface area contributed by atoms with Crippen molar-refractivity contribution < 1.29 is 14.3 Å². The van der Waals surface area contributed by atoms with Crippen LogP contribution in [0.3, 0.4) is 0 Å². The maximum atomic E-state index is 13.7. The molecule has 0 bridgehead atoms. The van der Waals surface area contributed by atoms with Crippen LogP contribution in [0.25, 0.3) is 5.57 Å². The number of carbonyl (C=O) groups is 1. The van der Waals surface area contributed by atoms with Gasteiger partial charge in [0.2, 0.25) is 0 Å². The van der Waals surface area contributed by atoms with Crippen molar-refractivity contribution in [3.63, 3.8) is 0 Å². The number of pyridine rings is 1. The second kappa shape index (κ2) is 7.45. The Morgan fingerprint density at radius 3 is 2.62 bits per heavy atom. The lowest BCUT2D eigenvalue weighted by Gasteiger charge is -2.16. The highest BCUT2D eigenvalue weighted by Gasteiger charge is 2.19. The van der Waals surface area contributed by atoms with Crippen LogP contribution in [0.15, 0.2) is 36.7 Å². The van der Waals surface area contributed by atoms with E-state index in [1.54, 1.807) is 13.0 Å². The summed E-state index contributed by atoms with van der Waals surface area (Å²) in [6.07, 6.45) is 2.48. The van der Waals surface area contributed by atoms with Gasteiger partial charge < -0.3 is 10.4 Å². The molecule has 0 spiro atoms. The first-order valence-corrected chi connectivity index (χ1v) is 7.79. The van der Waals surface area contributed by atoms with Gasteiger partial charge in [-0.15, -0.1) is 0 Å². The van der Waals surface area contributed by atoms with Gasteiger partial charge in [0.15, 0.2) is 5.15 Å². The Morgan fingerprint density at radius 1 is 1.33 bits per heavy atom. The first kappa shape index (κ1) is 17.9. The topological polar surface area (TPSA) is 62.2 Å². The van der Waals surface area contributed by atoms with Crippen molar-refractivity contribution in [1.29, 1.82) is 0 Å². The van der Waals surface area contributed by atoms with Gasteiger partial charge in [-0.2, -0.15) is 0 Å². The second-order valence-electron chi connectivity index (χ2n) is 5.68. The fourth-order valence-corrected chi connectivity index (χ4v) is 2.59. The van der Waals surface area contributed by atoms with Crippen LogP contribution >= 0.6 is 11.6 Å². The minimum atomic E-state index is -0.543. The first-order chi connectivity index (χ1) is 11.3. The predicted octanol–water partition coefficient (Wildman–Crippen LogP) is 4.99. The molecule has 1 amide bonds. The number of nitrogens with zero attached hydrogens (tertiary/aromatic N) is 1. The number of amides is 1. The molecule has 6 heteroatoms. The van der Waals surface area contributed by atoms with E-state index in [0.717, 1.165) is 17.9 Å². The summed E-state index contributed by atoms with van der Waals surface area (Å²) in [5, 5.41) is 12.3. The Balaban J connectivity index is 2.48. The molecule has 0 saturated heterocycles. The van der Waals surface area contributed by atoms with E-state index in [0.29, 0.717) is 16.8 Å². The number of aromatic nitrogens is 1. The lowest BCUT2D eigenvalue weighted by atomic mass is 9.92. The quantitative estimate of drug-likeness (QED) is 0.604. The third-order valence-electron chi connectivity index (χ3n) is 3.65. The highest BCUT2D eigenvalue weighted by Crippen LogP contribution is 2.29. The average Bonchev–Trinajstić information content (AvgIpc) is 2.52. The number of rotatable bonds is 4. The minimum Gasteiger partial charge on any atom is -0.515 e. The Kier molecular flexibility index (Phi) is 5.57. The number of aliphatic hydroxyl groups is 1. The summed E-state index contributed by atoms with van der Waals surface area (Å²) in [7, 11) is 0. The third kappa shape index (κ3) is 3.74. The van der Waals surface area contributed by atoms with Gasteiger partial charge >= 0.3 is 0 Å². The van der Waals surface area contributed by atoms with Crippen LogP contribution in [0.4, 0.5) is 10.1 Å². The van der Waals surface area contributed by atoms with Crippen molar-refractivity contribution in [3.8, 4) is 0 Å². The van der Waals surface area contributed by atoms with E-state index in [4.69, 9.17) is 11.6 Å². The van der Waals surface area contributed by atoms with E-state index in [9.17, 15) is 14.3 Å². The maximum Gasteiger partial charge on any atom is 0.256 e. The number of aryl methyl sites for hydroxylation is 1. The van der Waals surface area contributed by atoms with Crippen molar-refractivity contribution in [2.75, 3.05) is 5.32 Å². The molecular formula is C18H18ClFN2O2. The predicted molar refractivity (Wildman–Crippen MR) is 93.8 cm³/mol. The largest absolute Gasteiger partial charge is 0.515 e. The van der Waals surface area contributed by atoms with Crippen LogP contribution in [-0.4, -0.2) is 16.0 Å². The number of nitrogens with one attached hydrogen (secondary N) is 1. The molecule has 126 valence electrons. The van der Waals surface area contributed by atoms with Crippen molar-refractivity contribution in [3.05, 3.63) is 64.4 Å². The molecule has 0 aliphatic rings. The van der Waals surface area contributed by atoms with E-state index in [2.05, 4.69) is 10.3 Å². The zero-order valence-corrected chi connectivity index (χ0v) is 14.4. The van der Waals surface area contributed by atoms with Gasteiger partial charge in [-0.1, -0.05) is 31.5 Å². The Hall–Kier alpha value is -2.40. The summed E-state index contributed by atoms with van der Waals surface area (Å²) in [6.45, 7) is 5.52. The number of allylic oxidation sites excluding steroid dienone is 1. The summed E-state index contributed by atoms with van der Waals surface area (Å²) in [4.78, 5) is 16.6. The number of halogens is 2. The van der Waals surface area contributed by atoms with Crippen LogP contribution in [0.5, 0.6) is 0 Å². The SMILES string of the molecule is Cc1ccnc(Cl)c1NC(=O)c1cc(F)ccc1C(=CO)C(C)C. The van der Waals surface area contributed by atoms with Gasteiger partial charge in [0.25, 0.3) is 5.91 Å². The number of aliphatic hydroxyl groups excluding tert-OH is 1. The monoisotopic (exact) mass is 348 g/mol. The molecule has 2 N–H and O–H groups in total. The molecule has 1 aromatic heterocycles. The van der Waals surface area contributed by atoms with Crippen molar-refractivity contribution in [1.82, 2.24) is 4.98 Å². The van der Waals surface area contributed by atoms with Gasteiger partial charge in [0.05, 0.1) is 17.5 Å². The molecular weight excluding hydrogens is 331 g/mol. The molecule has 0 saturated carbocycles. The summed E-state index contributed by atoms with van der Waals surface area (Å²) in [5.41, 5.74) is 2.23. The second-order valence-corrected chi connectivity index (χ2v) is 6.03. The van der Waals surface area contributed by atoms with Gasteiger partial charge in [0, 0.05) is 6.20 Å². The van der Waals surface area contributed by atoms with Crippen LogP contribution in [0.1, 0.15) is 35.3 Å². The fraction of sp³-hybridized carbons (Fsp3) is 0.222. The van der Waals surface area contributed by atoms with Crippen molar-refractivity contribution in [2.24, 2.45) is 5.92 Å². The molecule has 2 aromatic rings. The smallest absolute Gasteiger partial charge is 0.256 e. The molecule has 1 heterocycles. The van der Waals surface area contributed by atoms with E-state index in [1.165, 1.54) is 18.3 Å². The lowest BCUT2D eigenvalue weighted by molar-refractivity contribution is 0.102. The standard InChI is InChI=1S/C18H18ClFN2O2/c1-10(2)15(9-23)13-5-4-12(20)8-14(13)18(24)22-16-11(3)6-7-21-17(16)19/h4-10,23H,1-3H3,(H,22,24). The molecule has 0 fully saturated rings. The molecule has 0 atom stereocenters. The number of hydrogen-bond acceptors (Lipinski definition) is 3. The van der Waals surface area contributed by atoms with E-state index >= 15 is 0 Å². The molecule has 24 heavy (non-hydrogen) atoms. The van der Waals surface area contributed by atoms with E-state index in [-0.39, 0.29) is 16.6 Å². The highest BCUT2D eigenvalue weighted by molar-refractivity contribution is 6.33. The van der Waals surface area contributed by atoms with Crippen LogP contribution in [0, 0.1) is 18.7 Å². The summed E-state index contributed by atoms with van der Waals surface area (Å²) < 4.78 is 13.7. The molecule has 0 aliphatic heterocycles. The van der Waals surface area contributed by atoms with Gasteiger partial charge in [0.1, 0.15) is 5.82 Å². The average molecular weight is 349 g/mol. The number of anilines is 1. The lowest BCUT2D eigenvalue weighted by Crippen LogP contribution is -2.16. The minimum absolute atomic E-state index is 0.0456.